The lowest BCUT2D eigenvalue weighted by atomic mass is 10.2. The molecule has 0 aliphatic heterocycles. The summed E-state index contributed by atoms with van der Waals surface area (Å²) >= 11 is 8.01. The number of hydrogen-bond donors (Lipinski definition) is 0. The Bertz CT molecular complexity index is 938. The van der Waals surface area contributed by atoms with Gasteiger partial charge in [-0.3, -0.25) is 4.79 Å². The van der Waals surface area contributed by atoms with Crippen molar-refractivity contribution < 1.29 is 9.18 Å². The molecule has 0 aliphatic rings. The van der Waals surface area contributed by atoms with Crippen molar-refractivity contribution in [1.82, 2.24) is 14.7 Å². The molecule has 8 heteroatoms. The van der Waals surface area contributed by atoms with E-state index in [-0.39, 0.29) is 17.5 Å². The van der Waals surface area contributed by atoms with Crippen LogP contribution in [0.1, 0.15) is 5.56 Å². The van der Waals surface area contributed by atoms with Gasteiger partial charge in [-0.2, -0.15) is 0 Å². The zero-order chi connectivity index (χ0) is 18.5. The molecule has 3 aromatic rings. The lowest BCUT2D eigenvalue weighted by molar-refractivity contribution is -0.127. The van der Waals surface area contributed by atoms with E-state index in [0.717, 1.165) is 5.56 Å². The second-order valence-corrected chi connectivity index (χ2v) is 8.39. The molecule has 0 saturated carbocycles. The van der Waals surface area contributed by atoms with Crippen molar-refractivity contribution in [1.29, 1.82) is 0 Å². The topological polar surface area (TPSA) is 38.1 Å². The number of carbonyl (C=O) groups excluding carboxylic acids is 1. The van der Waals surface area contributed by atoms with Gasteiger partial charge in [0.2, 0.25) is 5.91 Å². The van der Waals surface area contributed by atoms with Crippen molar-refractivity contribution in [3.8, 4) is 5.69 Å². The van der Waals surface area contributed by atoms with Crippen molar-refractivity contribution in [3.63, 3.8) is 0 Å². The molecular weight excluding hydrogens is 389 g/mol. The zero-order valence-corrected chi connectivity index (χ0v) is 16.4. The predicted molar refractivity (Wildman–Crippen MR) is 106 cm³/mol. The Balaban J connectivity index is 1.61. The van der Waals surface area contributed by atoms with Gasteiger partial charge in [0.05, 0.1) is 11.4 Å². The van der Waals surface area contributed by atoms with Gasteiger partial charge in [-0.25, -0.2) is 9.07 Å². The van der Waals surface area contributed by atoms with Crippen LogP contribution in [0.3, 0.4) is 0 Å². The fourth-order valence-electron chi connectivity index (χ4n) is 2.24. The molecule has 0 atom stereocenters. The van der Waals surface area contributed by atoms with Crippen molar-refractivity contribution in [3.05, 3.63) is 69.9 Å². The van der Waals surface area contributed by atoms with Crippen LogP contribution >= 0.6 is 35.3 Å². The summed E-state index contributed by atoms with van der Waals surface area (Å²) in [6.45, 7) is 0.569. The summed E-state index contributed by atoms with van der Waals surface area (Å²) in [7, 11) is 1.79. The van der Waals surface area contributed by atoms with E-state index in [0.29, 0.717) is 20.5 Å². The standard InChI is InChI=1S/C18H16FN3OS3/c1-21(11-13-5-3-2-4-6-13)16(23)12-25-17-20-22(18(24)26-17)15-9-7-14(19)8-10-15/h2-10H,11-12H2,1H3. The van der Waals surface area contributed by atoms with E-state index in [9.17, 15) is 9.18 Å². The van der Waals surface area contributed by atoms with E-state index in [1.54, 1.807) is 28.8 Å². The summed E-state index contributed by atoms with van der Waals surface area (Å²) in [5.74, 6) is 0.000124. The molecule has 0 radical (unpaired) electrons. The Labute approximate surface area is 164 Å². The first-order chi connectivity index (χ1) is 12.5. The molecule has 0 spiro atoms. The van der Waals surface area contributed by atoms with Gasteiger partial charge in [0, 0.05) is 13.6 Å². The van der Waals surface area contributed by atoms with E-state index in [1.165, 1.54) is 35.2 Å². The van der Waals surface area contributed by atoms with Crippen molar-refractivity contribution in [2.75, 3.05) is 12.8 Å². The van der Waals surface area contributed by atoms with Crippen LogP contribution in [0.15, 0.2) is 58.9 Å². The summed E-state index contributed by atoms with van der Waals surface area (Å²) in [6, 6.07) is 15.8. The van der Waals surface area contributed by atoms with Gasteiger partial charge in [0.15, 0.2) is 8.29 Å². The molecule has 134 valence electrons. The molecule has 2 aromatic carbocycles. The van der Waals surface area contributed by atoms with Gasteiger partial charge in [0.25, 0.3) is 0 Å². The third-order valence-corrected chi connectivity index (χ3v) is 5.96. The van der Waals surface area contributed by atoms with Crippen LogP contribution in [0.5, 0.6) is 0 Å². The molecule has 1 heterocycles. The second kappa shape index (κ2) is 8.57. The summed E-state index contributed by atoms with van der Waals surface area (Å²) in [4.78, 5) is 14.0. The van der Waals surface area contributed by atoms with E-state index in [2.05, 4.69) is 5.10 Å². The molecule has 0 unspecified atom stereocenters. The van der Waals surface area contributed by atoms with Crippen LogP contribution in [0.4, 0.5) is 4.39 Å². The third-order valence-electron chi connectivity index (χ3n) is 3.61. The minimum atomic E-state index is -0.308. The van der Waals surface area contributed by atoms with Crippen LogP contribution in [0.2, 0.25) is 0 Å². The Morgan fingerprint density at radius 1 is 1.23 bits per heavy atom. The predicted octanol–water partition coefficient (Wildman–Crippen LogP) is 4.55. The smallest absolute Gasteiger partial charge is 0.233 e. The largest absolute Gasteiger partial charge is 0.341 e. The number of thioether (sulfide) groups is 1. The first kappa shape index (κ1) is 18.8. The first-order valence-corrected chi connectivity index (χ1v) is 10.0. The molecule has 0 saturated heterocycles. The summed E-state index contributed by atoms with van der Waals surface area (Å²) in [5.41, 5.74) is 1.79. The minimum absolute atomic E-state index is 0.0216. The zero-order valence-electron chi connectivity index (χ0n) is 14.0. The van der Waals surface area contributed by atoms with Crippen molar-refractivity contribution in [2.24, 2.45) is 0 Å². The monoisotopic (exact) mass is 405 g/mol. The molecule has 0 bridgehead atoms. The number of benzene rings is 2. The van der Waals surface area contributed by atoms with E-state index < -0.39 is 0 Å². The van der Waals surface area contributed by atoms with Gasteiger partial charge >= 0.3 is 0 Å². The number of rotatable bonds is 6. The normalized spacial score (nSPS) is 10.7. The van der Waals surface area contributed by atoms with Gasteiger partial charge < -0.3 is 4.90 Å². The van der Waals surface area contributed by atoms with Gasteiger partial charge in [-0.1, -0.05) is 53.4 Å². The fraction of sp³-hybridized carbons (Fsp3) is 0.167. The fourth-order valence-corrected chi connectivity index (χ4v) is 4.55. The Kier molecular flexibility index (Phi) is 6.18. The number of nitrogens with zero attached hydrogens (tertiary/aromatic N) is 3. The molecule has 1 aromatic heterocycles. The van der Waals surface area contributed by atoms with Crippen molar-refractivity contribution in [2.45, 2.75) is 10.9 Å². The second-order valence-electron chi connectivity index (χ2n) is 5.55. The number of carbonyl (C=O) groups is 1. The quantitative estimate of drug-likeness (QED) is 0.445. The van der Waals surface area contributed by atoms with E-state index >= 15 is 0 Å². The maximum atomic E-state index is 13.1. The molecule has 0 aliphatic carbocycles. The molecule has 4 nitrogen and oxygen atoms in total. The Hall–Kier alpha value is -2.03. The summed E-state index contributed by atoms with van der Waals surface area (Å²) < 4.78 is 15.9. The Morgan fingerprint density at radius 3 is 2.62 bits per heavy atom. The number of halogens is 1. The first-order valence-electron chi connectivity index (χ1n) is 7.80. The van der Waals surface area contributed by atoms with Gasteiger partial charge in [-0.05, 0) is 42.0 Å². The highest BCUT2D eigenvalue weighted by molar-refractivity contribution is 8.01. The molecule has 0 N–H and O–H groups in total. The lowest BCUT2D eigenvalue weighted by Gasteiger charge is -2.16. The molecule has 1 amide bonds. The minimum Gasteiger partial charge on any atom is -0.341 e. The van der Waals surface area contributed by atoms with Gasteiger partial charge in [0.1, 0.15) is 5.82 Å². The maximum absolute atomic E-state index is 13.1. The molecular formula is C18H16FN3OS3. The van der Waals surface area contributed by atoms with Crippen LogP contribution in [0.25, 0.3) is 5.69 Å². The lowest BCUT2D eigenvalue weighted by Crippen LogP contribution is -2.27. The maximum Gasteiger partial charge on any atom is 0.233 e. The van der Waals surface area contributed by atoms with E-state index in [4.69, 9.17) is 12.2 Å². The van der Waals surface area contributed by atoms with E-state index in [1.807, 2.05) is 30.3 Å². The highest BCUT2D eigenvalue weighted by Gasteiger charge is 2.13. The van der Waals surface area contributed by atoms with Crippen LogP contribution in [-0.4, -0.2) is 33.4 Å². The average molecular weight is 406 g/mol. The summed E-state index contributed by atoms with van der Waals surface area (Å²) in [5, 5.41) is 4.43. The SMILES string of the molecule is CN(Cc1ccccc1)C(=O)CSc1nn(-c2ccc(F)cc2)c(=S)s1. The number of hydrogen-bond acceptors (Lipinski definition) is 5. The molecule has 3 rings (SSSR count). The van der Waals surface area contributed by atoms with Crippen LogP contribution < -0.4 is 0 Å². The third kappa shape index (κ3) is 4.78. The molecule has 26 heavy (non-hydrogen) atoms. The summed E-state index contributed by atoms with van der Waals surface area (Å²) in [6.07, 6.45) is 0. The van der Waals surface area contributed by atoms with Crippen LogP contribution in [0, 0.1) is 9.77 Å². The van der Waals surface area contributed by atoms with Crippen LogP contribution in [-0.2, 0) is 11.3 Å². The number of aromatic nitrogens is 2. The Morgan fingerprint density at radius 2 is 1.92 bits per heavy atom. The highest BCUT2D eigenvalue weighted by Crippen LogP contribution is 2.24. The molecule has 0 fully saturated rings. The van der Waals surface area contributed by atoms with Crippen molar-refractivity contribution >= 4 is 41.2 Å². The van der Waals surface area contributed by atoms with Gasteiger partial charge in [-0.15, -0.1) is 5.10 Å². The number of amides is 1. The highest BCUT2D eigenvalue weighted by atomic mass is 32.2. The average Bonchev–Trinajstić information content (AvgIpc) is 3.02.